The molecule has 0 amide bonds. The summed E-state index contributed by atoms with van der Waals surface area (Å²) in [7, 11) is 0. The molecule has 0 atom stereocenters. The topological polar surface area (TPSA) is 9.72 Å². The molecule has 190 valence electrons. The first kappa shape index (κ1) is 24.6. The van der Waals surface area contributed by atoms with Crippen molar-refractivity contribution in [1.82, 2.24) is 14.7 Å². The molecular weight excluding hydrogens is 402 g/mol. The van der Waals surface area contributed by atoms with Crippen LogP contribution in [0.25, 0.3) is 0 Å². The lowest BCUT2D eigenvalue weighted by atomic mass is 9.59. The highest BCUT2D eigenvalue weighted by atomic mass is 15.2. The molecule has 0 aromatic heterocycles. The van der Waals surface area contributed by atoms with Crippen molar-refractivity contribution in [3.8, 4) is 0 Å². The third kappa shape index (κ3) is 6.18. The third-order valence-electron chi connectivity index (χ3n) is 11.2. The van der Waals surface area contributed by atoms with Crippen LogP contribution in [0, 0.1) is 35.0 Å². The fourth-order valence-corrected chi connectivity index (χ4v) is 8.36. The molecule has 0 aromatic carbocycles. The molecule has 2 saturated carbocycles. The quantitative estimate of drug-likeness (QED) is 0.474. The molecule has 0 N–H and O–H groups in total. The highest BCUT2D eigenvalue weighted by molar-refractivity contribution is 5.02. The van der Waals surface area contributed by atoms with Gasteiger partial charge in [-0.2, -0.15) is 0 Å². The molecular formula is C30H55N3. The molecule has 5 fully saturated rings. The SMILES string of the molecule is CC1CCC(CN2CCC(CN3CCC4(CC3)CC(N3CCC(C(C)C)CC3)C4)CC2)CC1. The van der Waals surface area contributed by atoms with E-state index in [4.69, 9.17) is 0 Å². The average molecular weight is 458 g/mol. The summed E-state index contributed by atoms with van der Waals surface area (Å²) >= 11 is 0. The van der Waals surface area contributed by atoms with E-state index in [1.54, 1.807) is 0 Å². The smallest absolute Gasteiger partial charge is 0.0106 e. The molecule has 33 heavy (non-hydrogen) atoms. The summed E-state index contributed by atoms with van der Waals surface area (Å²) in [5.74, 6) is 4.84. The molecule has 3 heteroatoms. The Balaban J connectivity index is 0.960. The van der Waals surface area contributed by atoms with E-state index < -0.39 is 0 Å². The van der Waals surface area contributed by atoms with E-state index in [0.29, 0.717) is 0 Å². The van der Waals surface area contributed by atoms with E-state index in [-0.39, 0.29) is 0 Å². The van der Waals surface area contributed by atoms with Crippen LogP contribution in [0.3, 0.4) is 0 Å². The van der Waals surface area contributed by atoms with Crippen LogP contribution in [0.5, 0.6) is 0 Å². The molecule has 3 heterocycles. The van der Waals surface area contributed by atoms with Crippen LogP contribution in [-0.2, 0) is 0 Å². The summed E-state index contributed by atoms with van der Waals surface area (Å²) < 4.78 is 0. The summed E-state index contributed by atoms with van der Waals surface area (Å²) in [5, 5.41) is 0. The van der Waals surface area contributed by atoms with Gasteiger partial charge in [-0.1, -0.05) is 33.6 Å². The molecule has 5 aliphatic rings. The number of hydrogen-bond acceptors (Lipinski definition) is 3. The van der Waals surface area contributed by atoms with Gasteiger partial charge in [-0.15, -0.1) is 0 Å². The molecule has 3 saturated heterocycles. The summed E-state index contributed by atoms with van der Waals surface area (Å²) in [6.07, 6.45) is 17.8. The van der Waals surface area contributed by atoms with Crippen molar-refractivity contribution in [2.75, 3.05) is 52.4 Å². The van der Waals surface area contributed by atoms with Crippen molar-refractivity contribution < 1.29 is 0 Å². The van der Waals surface area contributed by atoms with Gasteiger partial charge in [0, 0.05) is 19.1 Å². The first-order chi connectivity index (χ1) is 16.0. The molecule has 3 aliphatic heterocycles. The van der Waals surface area contributed by atoms with E-state index in [9.17, 15) is 0 Å². The van der Waals surface area contributed by atoms with Crippen molar-refractivity contribution in [3.63, 3.8) is 0 Å². The minimum atomic E-state index is 0.733. The first-order valence-electron chi connectivity index (χ1n) is 15.2. The molecule has 5 rings (SSSR count). The van der Waals surface area contributed by atoms with Gasteiger partial charge in [0.25, 0.3) is 0 Å². The summed E-state index contributed by atoms with van der Waals surface area (Å²) in [5.41, 5.74) is 0.733. The Kier molecular flexibility index (Phi) is 8.09. The Hall–Kier alpha value is -0.120. The van der Waals surface area contributed by atoms with Crippen LogP contribution in [0.2, 0.25) is 0 Å². The largest absolute Gasteiger partial charge is 0.303 e. The van der Waals surface area contributed by atoms with E-state index in [1.807, 2.05) is 0 Å². The monoisotopic (exact) mass is 457 g/mol. The average Bonchev–Trinajstić information content (AvgIpc) is 2.81. The molecule has 2 aliphatic carbocycles. The van der Waals surface area contributed by atoms with Gasteiger partial charge >= 0.3 is 0 Å². The fraction of sp³-hybridized carbons (Fsp3) is 1.00. The van der Waals surface area contributed by atoms with Gasteiger partial charge in [0.2, 0.25) is 0 Å². The van der Waals surface area contributed by atoms with E-state index in [0.717, 1.165) is 41.0 Å². The summed E-state index contributed by atoms with van der Waals surface area (Å²) in [6.45, 7) is 18.4. The van der Waals surface area contributed by atoms with Crippen LogP contribution in [0.15, 0.2) is 0 Å². The number of nitrogens with zero attached hydrogens (tertiary/aromatic N) is 3. The highest BCUT2D eigenvalue weighted by Gasteiger charge is 2.48. The highest BCUT2D eigenvalue weighted by Crippen LogP contribution is 2.51. The lowest BCUT2D eigenvalue weighted by molar-refractivity contribution is -0.0561. The zero-order valence-electron chi connectivity index (χ0n) is 22.4. The maximum Gasteiger partial charge on any atom is 0.0106 e. The lowest BCUT2D eigenvalue weighted by Gasteiger charge is -2.56. The molecule has 0 bridgehead atoms. The zero-order valence-corrected chi connectivity index (χ0v) is 22.4. The minimum absolute atomic E-state index is 0.733. The maximum absolute atomic E-state index is 2.87. The van der Waals surface area contributed by atoms with Gasteiger partial charge in [-0.25, -0.2) is 0 Å². The summed E-state index contributed by atoms with van der Waals surface area (Å²) in [6, 6.07) is 0.932. The Morgan fingerprint density at radius 2 is 1.21 bits per heavy atom. The summed E-state index contributed by atoms with van der Waals surface area (Å²) in [4.78, 5) is 8.55. The van der Waals surface area contributed by atoms with Crippen LogP contribution in [0.1, 0.15) is 97.8 Å². The van der Waals surface area contributed by atoms with Crippen LogP contribution in [-0.4, -0.2) is 73.1 Å². The normalized spacial score (nSPS) is 34.2. The predicted molar refractivity (Wildman–Crippen MR) is 141 cm³/mol. The number of hydrogen-bond donors (Lipinski definition) is 0. The second-order valence-electron chi connectivity index (χ2n) is 13.8. The van der Waals surface area contributed by atoms with Gasteiger partial charge in [-0.3, -0.25) is 0 Å². The zero-order chi connectivity index (χ0) is 22.8. The Morgan fingerprint density at radius 1 is 0.667 bits per heavy atom. The van der Waals surface area contributed by atoms with Crippen LogP contribution >= 0.6 is 0 Å². The molecule has 0 radical (unpaired) electrons. The van der Waals surface area contributed by atoms with Gasteiger partial charge in [0.15, 0.2) is 0 Å². The van der Waals surface area contributed by atoms with Crippen molar-refractivity contribution in [2.24, 2.45) is 35.0 Å². The third-order valence-corrected chi connectivity index (χ3v) is 11.2. The minimum Gasteiger partial charge on any atom is -0.303 e. The van der Waals surface area contributed by atoms with Gasteiger partial charge in [-0.05, 0) is 138 Å². The molecule has 1 spiro atoms. The van der Waals surface area contributed by atoms with Crippen LogP contribution < -0.4 is 0 Å². The number of piperidine rings is 3. The predicted octanol–water partition coefficient (Wildman–Crippen LogP) is 6.14. The van der Waals surface area contributed by atoms with Crippen molar-refractivity contribution in [3.05, 3.63) is 0 Å². The van der Waals surface area contributed by atoms with E-state index in [1.165, 1.54) is 129 Å². The second kappa shape index (κ2) is 10.9. The first-order valence-corrected chi connectivity index (χ1v) is 15.2. The standard InChI is InChI=1S/C30H55N3/c1-24(2)28-10-16-33(17-11-28)29-20-30(21-29)12-18-32(19-13-30)23-27-8-14-31(15-9-27)22-26-6-4-25(3)5-7-26/h24-29H,4-23H2,1-3H3. The van der Waals surface area contributed by atoms with E-state index in [2.05, 4.69) is 35.5 Å². The van der Waals surface area contributed by atoms with Crippen molar-refractivity contribution >= 4 is 0 Å². The van der Waals surface area contributed by atoms with E-state index >= 15 is 0 Å². The Labute approximate surface area is 206 Å². The maximum atomic E-state index is 2.87. The molecule has 3 nitrogen and oxygen atoms in total. The lowest BCUT2D eigenvalue weighted by Crippen LogP contribution is -2.56. The molecule has 0 aromatic rings. The van der Waals surface area contributed by atoms with Gasteiger partial charge in [0.1, 0.15) is 0 Å². The molecule has 0 unspecified atom stereocenters. The number of likely N-dealkylation sites (tertiary alicyclic amines) is 3. The van der Waals surface area contributed by atoms with Gasteiger partial charge < -0.3 is 14.7 Å². The van der Waals surface area contributed by atoms with Crippen LogP contribution in [0.4, 0.5) is 0 Å². The Bertz CT molecular complexity index is 578. The fourth-order valence-electron chi connectivity index (χ4n) is 8.36. The van der Waals surface area contributed by atoms with Gasteiger partial charge in [0.05, 0.1) is 0 Å². The Morgan fingerprint density at radius 3 is 1.79 bits per heavy atom. The van der Waals surface area contributed by atoms with Crippen molar-refractivity contribution in [1.29, 1.82) is 0 Å². The number of rotatable bonds is 6. The second-order valence-corrected chi connectivity index (χ2v) is 13.8. The van der Waals surface area contributed by atoms with Crippen molar-refractivity contribution in [2.45, 2.75) is 104 Å².